The molecule has 3 aliphatic carbocycles. The second kappa shape index (κ2) is 8.16. The Morgan fingerprint density at radius 1 is 1.08 bits per heavy atom. The summed E-state index contributed by atoms with van der Waals surface area (Å²) in [5, 5.41) is 29.7. The van der Waals surface area contributed by atoms with Gasteiger partial charge < -0.3 is 15.3 Å². The van der Waals surface area contributed by atoms with Crippen LogP contribution in [0, 0.1) is 11.3 Å². The van der Waals surface area contributed by atoms with Gasteiger partial charge in [0.05, 0.1) is 17.8 Å². The molecule has 4 atom stereocenters. The topological polar surface area (TPSA) is 60.7 Å². The van der Waals surface area contributed by atoms with Gasteiger partial charge in [0, 0.05) is 0 Å². The summed E-state index contributed by atoms with van der Waals surface area (Å²) in [6.07, 6.45) is 16.8. The summed E-state index contributed by atoms with van der Waals surface area (Å²) in [4.78, 5) is 0. The van der Waals surface area contributed by atoms with E-state index in [1.807, 2.05) is 13.8 Å². The molecular weight excluding hydrogens is 324 g/mol. The lowest BCUT2D eigenvalue weighted by Crippen LogP contribution is -2.25. The third-order valence-electron chi connectivity index (χ3n) is 6.87. The van der Waals surface area contributed by atoms with Crippen LogP contribution >= 0.6 is 0 Å². The van der Waals surface area contributed by atoms with E-state index in [1.165, 1.54) is 50.5 Å². The fourth-order valence-electron chi connectivity index (χ4n) is 5.55. The fraction of sp³-hybridized carbons (Fsp3) is 0.826. The normalized spacial score (nSPS) is 37.5. The van der Waals surface area contributed by atoms with Crippen LogP contribution in [0.5, 0.6) is 0 Å². The van der Waals surface area contributed by atoms with Crippen LogP contribution in [0.2, 0.25) is 0 Å². The first-order valence-corrected chi connectivity index (χ1v) is 10.7. The summed E-state index contributed by atoms with van der Waals surface area (Å²) in [6.45, 7) is 3.84. The molecule has 3 fully saturated rings. The maximum absolute atomic E-state index is 10.0. The molecule has 0 bridgehead atoms. The smallest absolute Gasteiger partial charge is 0.0602 e. The van der Waals surface area contributed by atoms with Gasteiger partial charge in [-0.25, -0.2) is 0 Å². The van der Waals surface area contributed by atoms with Gasteiger partial charge in [-0.1, -0.05) is 23.3 Å². The molecule has 1 spiro atoms. The average Bonchev–Trinajstić information content (AvgIpc) is 2.92. The summed E-state index contributed by atoms with van der Waals surface area (Å²) in [5.41, 5.74) is 2.71. The van der Waals surface area contributed by atoms with Crippen molar-refractivity contribution in [1.82, 2.24) is 0 Å². The van der Waals surface area contributed by atoms with Crippen LogP contribution in [-0.4, -0.2) is 33.1 Å². The maximum atomic E-state index is 10.0. The molecule has 148 valence electrons. The van der Waals surface area contributed by atoms with Gasteiger partial charge in [-0.2, -0.15) is 0 Å². The van der Waals surface area contributed by atoms with Crippen molar-refractivity contribution in [2.24, 2.45) is 11.3 Å². The molecule has 3 nitrogen and oxygen atoms in total. The van der Waals surface area contributed by atoms with Crippen molar-refractivity contribution in [3.63, 3.8) is 0 Å². The van der Waals surface area contributed by atoms with Crippen LogP contribution in [0.3, 0.4) is 0 Å². The van der Waals surface area contributed by atoms with Crippen molar-refractivity contribution in [3.8, 4) is 0 Å². The van der Waals surface area contributed by atoms with Crippen molar-refractivity contribution in [3.05, 3.63) is 23.3 Å². The van der Waals surface area contributed by atoms with Crippen LogP contribution < -0.4 is 0 Å². The predicted molar refractivity (Wildman–Crippen MR) is 106 cm³/mol. The Balaban J connectivity index is 1.57. The predicted octanol–water partition coefficient (Wildman–Crippen LogP) is 4.66. The Bertz CT molecular complexity index is 530. The molecule has 3 rings (SSSR count). The molecule has 0 radical (unpaired) electrons. The number of aliphatic hydroxyl groups is 3. The molecule has 0 aliphatic heterocycles. The molecule has 3 saturated carbocycles. The highest BCUT2D eigenvalue weighted by molar-refractivity contribution is 5.22. The van der Waals surface area contributed by atoms with Gasteiger partial charge in [0.25, 0.3) is 0 Å². The summed E-state index contributed by atoms with van der Waals surface area (Å²) in [5.74, 6) is 0.780. The third kappa shape index (κ3) is 5.68. The number of aliphatic hydroxyl groups excluding tert-OH is 2. The number of rotatable bonds is 4. The van der Waals surface area contributed by atoms with Crippen LogP contribution in [0.25, 0.3) is 0 Å². The van der Waals surface area contributed by atoms with E-state index in [0.717, 1.165) is 18.8 Å². The van der Waals surface area contributed by atoms with Crippen molar-refractivity contribution in [1.29, 1.82) is 0 Å². The molecule has 26 heavy (non-hydrogen) atoms. The molecule has 0 aromatic heterocycles. The van der Waals surface area contributed by atoms with E-state index < -0.39 is 5.60 Å². The van der Waals surface area contributed by atoms with Crippen molar-refractivity contribution in [2.45, 2.75) is 109 Å². The van der Waals surface area contributed by atoms with E-state index in [0.29, 0.717) is 24.7 Å². The lowest BCUT2D eigenvalue weighted by molar-refractivity contribution is 0.0608. The highest BCUT2D eigenvalue weighted by atomic mass is 16.3. The minimum absolute atomic E-state index is 0.382. The van der Waals surface area contributed by atoms with Gasteiger partial charge in [0.15, 0.2) is 0 Å². The van der Waals surface area contributed by atoms with Crippen molar-refractivity contribution < 1.29 is 15.3 Å². The van der Waals surface area contributed by atoms with Crippen molar-refractivity contribution in [2.75, 3.05) is 0 Å². The second-order valence-corrected chi connectivity index (χ2v) is 10.1. The Morgan fingerprint density at radius 3 is 2.46 bits per heavy atom. The lowest BCUT2D eigenvalue weighted by Gasteiger charge is -2.35. The summed E-state index contributed by atoms with van der Waals surface area (Å²) in [7, 11) is 0. The van der Waals surface area contributed by atoms with E-state index in [1.54, 1.807) is 5.57 Å². The van der Waals surface area contributed by atoms with Gasteiger partial charge in [-0.15, -0.1) is 0 Å². The minimum atomic E-state index is -0.533. The Hall–Kier alpha value is -0.640. The Morgan fingerprint density at radius 2 is 1.77 bits per heavy atom. The Kier molecular flexibility index (Phi) is 6.31. The molecule has 3 heteroatoms. The van der Waals surface area contributed by atoms with E-state index in [2.05, 4.69) is 12.2 Å². The first-order valence-electron chi connectivity index (χ1n) is 10.7. The zero-order valence-electron chi connectivity index (χ0n) is 16.7. The third-order valence-corrected chi connectivity index (χ3v) is 6.87. The molecule has 0 aromatic carbocycles. The van der Waals surface area contributed by atoms with Gasteiger partial charge in [-0.05, 0) is 102 Å². The van der Waals surface area contributed by atoms with E-state index in [4.69, 9.17) is 0 Å². The van der Waals surface area contributed by atoms with Gasteiger partial charge in [0.2, 0.25) is 0 Å². The van der Waals surface area contributed by atoms with Crippen LogP contribution in [0.4, 0.5) is 0 Å². The van der Waals surface area contributed by atoms with Crippen LogP contribution in [0.1, 0.15) is 90.9 Å². The summed E-state index contributed by atoms with van der Waals surface area (Å²) < 4.78 is 0. The van der Waals surface area contributed by atoms with Crippen LogP contribution in [0.15, 0.2) is 23.3 Å². The Labute approximate surface area is 159 Å². The molecule has 3 aliphatic rings. The van der Waals surface area contributed by atoms with Crippen molar-refractivity contribution >= 4 is 0 Å². The fourth-order valence-corrected chi connectivity index (χ4v) is 5.55. The first-order chi connectivity index (χ1) is 12.2. The number of hydrogen-bond acceptors (Lipinski definition) is 3. The molecule has 0 amide bonds. The summed E-state index contributed by atoms with van der Waals surface area (Å²) >= 11 is 0. The highest BCUT2D eigenvalue weighted by Gasteiger charge is 2.40. The minimum Gasteiger partial charge on any atom is -0.393 e. The molecule has 1 unspecified atom stereocenters. The van der Waals surface area contributed by atoms with E-state index >= 15 is 0 Å². The first kappa shape index (κ1) is 20.1. The highest BCUT2D eigenvalue weighted by Crippen LogP contribution is 2.53. The van der Waals surface area contributed by atoms with E-state index in [9.17, 15) is 15.3 Å². The largest absolute Gasteiger partial charge is 0.393 e. The number of hydrogen-bond donors (Lipinski definition) is 3. The quantitative estimate of drug-likeness (QED) is 0.682. The van der Waals surface area contributed by atoms with Gasteiger partial charge in [0.1, 0.15) is 0 Å². The zero-order valence-corrected chi connectivity index (χ0v) is 16.7. The van der Waals surface area contributed by atoms with Crippen LogP contribution in [-0.2, 0) is 0 Å². The summed E-state index contributed by atoms with van der Waals surface area (Å²) in [6, 6.07) is 0. The second-order valence-electron chi connectivity index (χ2n) is 10.1. The molecule has 0 aromatic rings. The lowest BCUT2D eigenvalue weighted by atomic mass is 9.70. The number of allylic oxidation sites excluding steroid dienone is 3. The molecule has 0 saturated heterocycles. The standard InChI is InChI=1S/C23H38O3/c1-22(2,26)10-7-18-8-11-23(16-18)9-3-4-17(15-23)5-6-19-12-20(24)14-21(25)13-19/h5-6,18,20-21,24-26H,3-4,7-16H2,1-2H3/b17-5+/t18?,20-,21-,23+/m1/s1. The van der Waals surface area contributed by atoms with Gasteiger partial charge in [-0.3, -0.25) is 0 Å². The maximum Gasteiger partial charge on any atom is 0.0602 e. The average molecular weight is 363 g/mol. The molecular formula is C23H38O3. The van der Waals surface area contributed by atoms with Gasteiger partial charge >= 0.3 is 0 Å². The zero-order chi connectivity index (χ0) is 18.8. The SMILES string of the molecule is CC(C)(O)CCC1CC[C@]2(CCC/C(=C\C=C3C[C@@H](O)C[C@H](O)C3)C2)C1. The molecule has 3 N–H and O–H groups in total. The van der Waals surface area contributed by atoms with E-state index in [-0.39, 0.29) is 12.2 Å². The molecule has 0 heterocycles. The monoisotopic (exact) mass is 362 g/mol.